The predicted octanol–water partition coefficient (Wildman–Crippen LogP) is 2.75. The standard InChI is InChI=1S/C18H14N4O3S/c1-2-25-17(24)10-3-5-14-15(7-10)26-18(21-14)22-9-20-13-6-4-11(19)8-12(13)16(22)23/h3-9H,2,19H2,1H3. The number of carbonyl (C=O) groups excluding carboxylic acids is 1. The Morgan fingerprint density at radius 1 is 1.23 bits per heavy atom. The fourth-order valence-corrected chi connectivity index (χ4v) is 3.61. The van der Waals surface area contributed by atoms with Crippen LogP contribution in [0.25, 0.3) is 26.3 Å². The summed E-state index contributed by atoms with van der Waals surface area (Å²) in [7, 11) is 0. The summed E-state index contributed by atoms with van der Waals surface area (Å²) in [6.45, 7) is 2.07. The minimum absolute atomic E-state index is 0.244. The molecule has 4 rings (SSSR count). The lowest BCUT2D eigenvalue weighted by Crippen LogP contribution is -2.18. The second-order valence-corrected chi connectivity index (χ2v) is 6.60. The molecule has 8 heteroatoms. The number of thiazole rings is 1. The maximum absolute atomic E-state index is 12.8. The lowest BCUT2D eigenvalue weighted by molar-refractivity contribution is 0.0526. The Kier molecular flexibility index (Phi) is 3.89. The molecule has 2 heterocycles. The quantitative estimate of drug-likeness (QED) is 0.442. The van der Waals surface area contributed by atoms with Crippen molar-refractivity contribution in [2.24, 2.45) is 0 Å². The molecule has 0 saturated heterocycles. The Morgan fingerprint density at radius 2 is 2.04 bits per heavy atom. The molecule has 0 aliphatic heterocycles. The SMILES string of the molecule is CCOC(=O)c1ccc2nc(-n3cnc4ccc(N)cc4c3=O)sc2c1. The van der Waals surface area contributed by atoms with Crippen LogP contribution >= 0.6 is 11.3 Å². The Bertz CT molecular complexity index is 1210. The summed E-state index contributed by atoms with van der Waals surface area (Å²) in [6, 6.07) is 10.1. The molecule has 0 fully saturated rings. The van der Waals surface area contributed by atoms with Gasteiger partial charge in [-0.2, -0.15) is 0 Å². The van der Waals surface area contributed by atoms with Gasteiger partial charge in [0.15, 0.2) is 5.13 Å². The van der Waals surface area contributed by atoms with E-state index in [-0.39, 0.29) is 11.5 Å². The van der Waals surface area contributed by atoms with Crippen LogP contribution in [-0.4, -0.2) is 27.1 Å². The van der Waals surface area contributed by atoms with Gasteiger partial charge in [-0.05, 0) is 43.3 Å². The molecule has 2 N–H and O–H groups in total. The topological polar surface area (TPSA) is 100 Å². The highest BCUT2D eigenvalue weighted by atomic mass is 32.1. The Hall–Kier alpha value is -3.26. The van der Waals surface area contributed by atoms with E-state index in [2.05, 4.69) is 9.97 Å². The number of rotatable bonds is 3. The van der Waals surface area contributed by atoms with Gasteiger partial charge in [0.1, 0.15) is 6.33 Å². The van der Waals surface area contributed by atoms with E-state index >= 15 is 0 Å². The van der Waals surface area contributed by atoms with E-state index in [4.69, 9.17) is 10.5 Å². The molecule has 0 atom stereocenters. The lowest BCUT2D eigenvalue weighted by Gasteiger charge is -2.03. The van der Waals surface area contributed by atoms with Crippen LogP contribution in [0.4, 0.5) is 5.69 Å². The molecule has 2 aromatic carbocycles. The molecular formula is C18H14N4O3S. The number of anilines is 1. The van der Waals surface area contributed by atoms with Crippen molar-refractivity contribution in [2.75, 3.05) is 12.3 Å². The van der Waals surface area contributed by atoms with Crippen LogP contribution in [0.5, 0.6) is 0 Å². The van der Waals surface area contributed by atoms with Crippen molar-refractivity contribution in [3.05, 3.63) is 58.6 Å². The minimum atomic E-state index is -0.385. The predicted molar refractivity (Wildman–Crippen MR) is 101 cm³/mol. The first kappa shape index (κ1) is 16.2. The molecule has 0 unspecified atom stereocenters. The highest BCUT2D eigenvalue weighted by Gasteiger charge is 2.13. The number of ether oxygens (including phenoxy) is 1. The molecule has 4 aromatic rings. The van der Waals surface area contributed by atoms with Gasteiger partial charge in [0, 0.05) is 5.69 Å². The van der Waals surface area contributed by atoms with E-state index in [1.54, 1.807) is 43.3 Å². The van der Waals surface area contributed by atoms with Gasteiger partial charge in [0.2, 0.25) is 0 Å². The molecule has 0 spiro atoms. The number of fused-ring (bicyclic) bond motifs is 2. The highest BCUT2D eigenvalue weighted by molar-refractivity contribution is 7.20. The summed E-state index contributed by atoms with van der Waals surface area (Å²) >= 11 is 1.30. The van der Waals surface area contributed by atoms with Crippen molar-refractivity contribution < 1.29 is 9.53 Å². The van der Waals surface area contributed by atoms with Crippen molar-refractivity contribution in [3.63, 3.8) is 0 Å². The van der Waals surface area contributed by atoms with Crippen LogP contribution in [0.3, 0.4) is 0 Å². The Balaban J connectivity index is 1.84. The zero-order valence-electron chi connectivity index (χ0n) is 13.8. The molecule has 0 saturated carbocycles. The first-order valence-electron chi connectivity index (χ1n) is 7.92. The van der Waals surface area contributed by atoms with Gasteiger partial charge in [-0.3, -0.25) is 4.79 Å². The fourth-order valence-electron chi connectivity index (χ4n) is 2.63. The number of carbonyl (C=O) groups is 1. The largest absolute Gasteiger partial charge is 0.462 e. The number of aromatic nitrogens is 3. The third-order valence-corrected chi connectivity index (χ3v) is 4.89. The average Bonchev–Trinajstić information content (AvgIpc) is 3.05. The molecule has 0 aliphatic rings. The number of hydrogen-bond acceptors (Lipinski definition) is 7. The normalized spacial score (nSPS) is 11.1. The summed E-state index contributed by atoms with van der Waals surface area (Å²) in [5.41, 5.74) is 7.75. The van der Waals surface area contributed by atoms with Crippen molar-refractivity contribution in [1.82, 2.24) is 14.5 Å². The third kappa shape index (κ3) is 2.70. The summed E-state index contributed by atoms with van der Waals surface area (Å²) < 4.78 is 7.18. The number of nitrogens with zero attached hydrogens (tertiary/aromatic N) is 3. The number of hydrogen-bond donors (Lipinski definition) is 1. The van der Waals surface area contributed by atoms with Crippen LogP contribution in [0.15, 0.2) is 47.5 Å². The second-order valence-electron chi connectivity index (χ2n) is 5.60. The summed E-state index contributed by atoms with van der Waals surface area (Å²) in [6.07, 6.45) is 1.45. The van der Waals surface area contributed by atoms with Gasteiger partial charge < -0.3 is 10.5 Å². The smallest absolute Gasteiger partial charge is 0.338 e. The molecule has 0 amide bonds. The van der Waals surface area contributed by atoms with E-state index in [0.29, 0.717) is 39.4 Å². The second kappa shape index (κ2) is 6.23. The first-order chi connectivity index (χ1) is 12.6. The molecular weight excluding hydrogens is 352 g/mol. The number of nitrogens with two attached hydrogens (primary N) is 1. The van der Waals surface area contributed by atoms with Crippen LogP contribution in [0.2, 0.25) is 0 Å². The maximum atomic E-state index is 12.8. The van der Waals surface area contributed by atoms with Gasteiger partial charge in [-0.15, -0.1) is 0 Å². The van der Waals surface area contributed by atoms with Gasteiger partial charge in [0.25, 0.3) is 5.56 Å². The van der Waals surface area contributed by atoms with Crippen LogP contribution in [-0.2, 0) is 4.74 Å². The third-order valence-electron chi connectivity index (χ3n) is 3.88. The Morgan fingerprint density at radius 3 is 2.85 bits per heavy atom. The molecule has 0 radical (unpaired) electrons. The number of benzene rings is 2. The van der Waals surface area contributed by atoms with Gasteiger partial charge in [-0.1, -0.05) is 11.3 Å². The minimum Gasteiger partial charge on any atom is -0.462 e. The fraction of sp³-hybridized carbons (Fsp3) is 0.111. The maximum Gasteiger partial charge on any atom is 0.338 e. The van der Waals surface area contributed by atoms with E-state index in [0.717, 1.165) is 4.70 Å². The van der Waals surface area contributed by atoms with E-state index in [1.807, 2.05) is 0 Å². The lowest BCUT2D eigenvalue weighted by atomic mass is 10.2. The van der Waals surface area contributed by atoms with Crippen LogP contribution < -0.4 is 11.3 Å². The zero-order chi connectivity index (χ0) is 18.3. The Labute approximate surface area is 151 Å². The summed E-state index contributed by atoms with van der Waals surface area (Å²) in [5.74, 6) is -0.385. The van der Waals surface area contributed by atoms with Crippen molar-refractivity contribution in [1.29, 1.82) is 0 Å². The van der Waals surface area contributed by atoms with Gasteiger partial charge in [0.05, 0.1) is 33.3 Å². The van der Waals surface area contributed by atoms with Crippen LogP contribution in [0, 0.1) is 0 Å². The van der Waals surface area contributed by atoms with E-state index in [1.165, 1.54) is 22.2 Å². The summed E-state index contributed by atoms with van der Waals surface area (Å²) in [4.78, 5) is 33.4. The monoisotopic (exact) mass is 366 g/mol. The van der Waals surface area contributed by atoms with Crippen molar-refractivity contribution in [3.8, 4) is 5.13 Å². The first-order valence-corrected chi connectivity index (χ1v) is 8.73. The molecule has 0 bridgehead atoms. The molecule has 26 heavy (non-hydrogen) atoms. The number of esters is 1. The van der Waals surface area contributed by atoms with Crippen LogP contribution in [0.1, 0.15) is 17.3 Å². The highest BCUT2D eigenvalue weighted by Crippen LogP contribution is 2.26. The number of nitrogen functional groups attached to an aromatic ring is 1. The van der Waals surface area contributed by atoms with E-state index < -0.39 is 0 Å². The molecule has 0 aliphatic carbocycles. The van der Waals surface area contributed by atoms with Gasteiger partial charge in [-0.25, -0.2) is 19.3 Å². The molecule has 7 nitrogen and oxygen atoms in total. The van der Waals surface area contributed by atoms with Crippen molar-refractivity contribution >= 4 is 44.1 Å². The van der Waals surface area contributed by atoms with Crippen molar-refractivity contribution in [2.45, 2.75) is 6.92 Å². The molecule has 2 aromatic heterocycles. The zero-order valence-corrected chi connectivity index (χ0v) is 14.6. The van der Waals surface area contributed by atoms with Gasteiger partial charge >= 0.3 is 5.97 Å². The summed E-state index contributed by atoms with van der Waals surface area (Å²) in [5, 5.41) is 0.904. The van der Waals surface area contributed by atoms with E-state index in [9.17, 15) is 9.59 Å². The molecule has 130 valence electrons. The average molecular weight is 366 g/mol.